The Bertz CT molecular complexity index is 652. The maximum absolute atomic E-state index is 11.8. The van der Waals surface area contributed by atoms with Crippen molar-refractivity contribution in [3.05, 3.63) is 29.5 Å². The average Bonchev–Trinajstić information content (AvgIpc) is 2.80. The first-order valence-electron chi connectivity index (χ1n) is 5.96. The molecule has 1 aromatic carbocycles. The highest BCUT2D eigenvalue weighted by Crippen LogP contribution is 2.32. The maximum Gasteiger partial charge on any atom is 0.308 e. The number of nitrogens with zero attached hydrogens (tertiary/aromatic N) is 1. The smallest absolute Gasteiger partial charge is 0.308 e. The molecule has 0 amide bonds. The van der Waals surface area contributed by atoms with Gasteiger partial charge < -0.3 is 9.47 Å². The van der Waals surface area contributed by atoms with Crippen LogP contribution in [0.4, 0.5) is 0 Å². The molecular weight excluding hydrogens is 310 g/mol. The Morgan fingerprint density at radius 1 is 1.38 bits per heavy atom. The van der Waals surface area contributed by atoms with Gasteiger partial charge in [-0.15, -0.1) is 11.8 Å². The molecule has 0 N–H and O–H groups in total. The first kappa shape index (κ1) is 15.7. The van der Waals surface area contributed by atoms with E-state index in [0.717, 1.165) is 21.7 Å². The Morgan fingerprint density at radius 2 is 2.14 bits per heavy atom. The maximum atomic E-state index is 11.8. The normalized spacial score (nSPS) is 16.0. The van der Waals surface area contributed by atoms with Crippen molar-refractivity contribution in [3.8, 4) is 11.5 Å². The number of carbonyl (C=O) groups excluding carboxylic acids is 2. The largest absolute Gasteiger partial charge is 0.493 e. The lowest BCUT2D eigenvalue weighted by Crippen LogP contribution is -2.03. The third-order valence-electron chi connectivity index (χ3n) is 2.52. The number of hydrogen-bond acceptors (Lipinski definition) is 7. The topological polar surface area (TPSA) is 65.0 Å². The van der Waals surface area contributed by atoms with Gasteiger partial charge in [0.1, 0.15) is 10.1 Å². The number of rotatable bonds is 3. The number of esters is 1. The van der Waals surface area contributed by atoms with E-state index >= 15 is 0 Å². The zero-order valence-corrected chi connectivity index (χ0v) is 13.3. The van der Waals surface area contributed by atoms with Crippen molar-refractivity contribution in [2.45, 2.75) is 6.92 Å². The summed E-state index contributed by atoms with van der Waals surface area (Å²) in [5.41, 5.74) is 1.14. The van der Waals surface area contributed by atoms with E-state index in [0.29, 0.717) is 17.2 Å². The molecule has 1 aromatic rings. The SMILES string of the molecule is COc1cc(/C=C2/N=C(SC)SC2=O)ccc1OC(C)=O. The lowest BCUT2D eigenvalue weighted by molar-refractivity contribution is -0.132. The fraction of sp³-hybridized carbons (Fsp3) is 0.214. The number of methoxy groups -OCH3 is 1. The Morgan fingerprint density at radius 3 is 2.71 bits per heavy atom. The van der Waals surface area contributed by atoms with Gasteiger partial charge >= 0.3 is 5.97 Å². The average molecular weight is 323 g/mol. The van der Waals surface area contributed by atoms with Gasteiger partial charge in [-0.3, -0.25) is 9.59 Å². The van der Waals surface area contributed by atoms with E-state index in [9.17, 15) is 9.59 Å². The molecule has 5 nitrogen and oxygen atoms in total. The summed E-state index contributed by atoms with van der Waals surface area (Å²) in [4.78, 5) is 27.0. The Kier molecular flexibility index (Phi) is 5.08. The van der Waals surface area contributed by atoms with E-state index in [-0.39, 0.29) is 5.12 Å². The van der Waals surface area contributed by atoms with E-state index in [1.54, 1.807) is 24.3 Å². The van der Waals surface area contributed by atoms with Crippen LogP contribution in [0.15, 0.2) is 28.9 Å². The molecule has 0 saturated heterocycles. The summed E-state index contributed by atoms with van der Waals surface area (Å²) < 4.78 is 10.9. The van der Waals surface area contributed by atoms with Gasteiger partial charge in [-0.2, -0.15) is 0 Å². The highest BCUT2D eigenvalue weighted by Gasteiger charge is 2.21. The molecule has 0 fully saturated rings. The van der Waals surface area contributed by atoms with Gasteiger partial charge in [0.05, 0.1) is 7.11 Å². The monoisotopic (exact) mass is 323 g/mol. The number of hydrogen-bond donors (Lipinski definition) is 0. The summed E-state index contributed by atoms with van der Waals surface area (Å²) in [6, 6.07) is 5.05. The summed E-state index contributed by atoms with van der Waals surface area (Å²) in [5.74, 6) is 0.343. The third-order valence-corrected chi connectivity index (χ3v) is 4.37. The standard InChI is InChI=1S/C14H13NO4S2/c1-8(16)19-11-5-4-9(7-12(11)18-2)6-10-13(17)21-14(15-10)20-3/h4-7H,1-3H3/b10-6+. The molecule has 0 bridgehead atoms. The van der Waals surface area contributed by atoms with Crippen molar-refractivity contribution in [1.82, 2.24) is 0 Å². The Hall–Kier alpha value is -1.73. The molecule has 0 atom stereocenters. The van der Waals surface area contributed by atoms with Gasteiger partial charge in [0.25, 0.3) is 0 Å². The van der Waals surface area contributed by atoms with E-state index in [2.05, 4.69) is 4.99 Å². The number of carbonyl (C=O) groups is 2. The molecule has 1 aliphatic heterocycles. The van der Waals surface area contributed by atoms with Gasteiger partial charge in [0.15, 0.2) is 11.5 Å². The van der Waals surface area contributed by atoms with Crippen LogP contribution in [0.2, 0.25) is 0 Å². The minimum atomic E-state index is -0.420. The molecule has 2 rings (SSSR count). The van der Waals surface area contributed by atoms with Crippen molar-refractivity contribution in [2.75, 3.05) is 13.4 Å². The van der Waals surface area contributed by atoms with Crippen LogP contribution in [0.1, 0.15) is 12.5 Å². The molecule has 21 heavy (non-hydrogen) atoms. The van der Waals surface area contributed by atoms with Gasteiger partial charge in [0, 0.05) is 6.92 Å². The number of thioether (sulfide) groups is 2. The van der Waals surface area contributed by atoms with Crippen molar-refractivity contribution in [2.24, 2.45) is 4.99 Å². The molecule has 1 heterocycles. The molecule has 7 heteroatoms. The Balaban J connectivity index is 2.31. The van der Waals surface area contributed by atoms with E-state index < -0.39 is 5.97 Å². The quantitative estimate of drug-likeness (QED) is 0.484. The van der Waals surface area contributed by atoms with E-state index in [1.165, 1.54) is 25.8 Å². The molecule has 110 valence electrons. The minimum absolute atomic E-state index is 0.0811. The second-order valence-electron chi connectivity index (χ2n) is 4.00. The van der Waals surface area contributed by atoms with Crippen LogP contribution in [0.3, 0.4) is 0 Å². The van der Waals surface area contributed by atoms with Crippen LogP contribution in [-0.2, 0) is 9.59 Å². The predicted octanol–water partition coefficient (Wildman–Crippen LogP) is 2.95. The van der Waals surface area contributed by atoms with Crippen molar-refractivity contribution >= 4 is 45.1 Å². The lowest BCUT2D eigenvalue weighted by atomic mass is 10.1. The zero-order valence-electron chi connectivity index (χ0n) is 11.7. The molecule has 1 aliphatic rings. The van der Waals surface area contributed by atoms with Crippen LogP contribution in [0, 0.1) is 0 Å². The van der Waals surface area contributed by atoms with Gasteiger partial charge in [-0.25, -0.2) is 4.99 Å². The van der Waals surface area contributed by atoms with Crippen LogP contribution in [0.25, 0.3) is 6.08 Å². The van der Waals surface area contributed by atoms with Crippen molar-refractivity contribution in [3.63, 3.8) is 0 Å². The fourth-order valence-electron chi connectivity index (χ4n) is 1.65. The van der Waals surface area contributed by atoms with Crippen molar-refractivity contribution in [1.29, 1.82) is 0 Å². The summed E-state index contributed by atoms with van der Waals surface area (Å²) in [6.07, 6.45) is 3.55. The number of benzene rings is 1. The van der Waals surface area contributed by atoms with E-state index in [4.69, 9.17) is 9.47 Å². The Labute approximate surface area is 130 Å². The fourth-order valence-corrected chi connectivity index (χ4v) is 2.91. The summed E-state index contributed by atoms with van der Waals surface area (Å²) in [6.45, 7) is 1.32. The van der Waals surface area contributed by atoms with Gasteiger partial charge in [0.2, 0.25) is 5.12 Å². The second kappa shape index (κ2) is 6.82. The molecule has 0 aromatic heterocycles. The van der Waals surface area contributed by atoms with Gasteiger partial charge in [-0.05, 0) is 41.8 Å². The van der Waals surface area contributed by atoms with E-state index in [1.807, 2.05) is 6.26 Å². The molecule has 0 spiro atoms. The molecule has 0 unspecified atom stereocenters. The van der Waals surface area contributed by atoms with Crippen LogP contribution in [0.5, 0.6) is 11.5 Å². The predicted molar refractivity (Wildman–Crippen MR) is 85.8 cm³/mol. The highest BCUT2D eigenvalue weighted by molar-refractivity contribution is 8.45. The van der Waals surface area contributed by atoms with Gasteiger partial charge in [-0.1, -0.05) is 6.07 Å². The summed E-state index contributed by atoms with van der Waals surface area (Å²) >= 11 is 2.56. The first-order valence-corrected chi connectivity index (χ1v) is 8.00. The highest BCUT2D eigenvalue weighted by atomic mass is 32.2. The molecular formula is C14H13NO4S2. The first-order chi connectivity index (χ1) is 10.0. The molecule has 0 aliphatic carbocycles. The lowest BCUT2D eigenvalue weighted by Gasteiger charge is -2.08. The third kappa shape index (κ3) is 3.89. The molecule has 0 radical (unpaired) electrons. The second-order valence-corrected chi connectivity index (χ2v) is 6.02. The number of aliphatic imine (C=N–C) groups is 1. The molecule has 0 saturated carbocycles. The minimum Gasteiger partial charge on any atom is -0.493 e. The number of ether oxygens (including phenoxy) is 2. The van der Waals surface area contributed by atoms with Crippen LogP contribution >= 0.6 is 23.5 Å². The summed E-state index contributed by atoms with van der Waals surface area (Å²) in [5, 5.41) is -0.0811. The summed E-state index contributed by atoms with van der Waals surface area (Å²) in [7, 11) is 1.49. The van der Waals surface area contributed by atoms with Crippen LogP contribution in [-0.4, -0.2) is 28.8 Å². The van der Waals surface area contributed by atoms with Crippen LogP contribution < -0.4 is 9.47 Å². The van der Waals surface area contributed by atoms with Crippen molar-refractivity contribution < 1.29 is 19.1 Å². The zero-order chi connectivity index (χ0) is 15.4.